The quantitative estimate of drug-likeness (QED) is 0.0844. The molecule has 8 unspecified atom stereocenters. The normalized spacial score (nSPS) is 50.4. The molecule has 0 aromatic heterocycles. The fourth-order valence-electron chi connectivity index (χ4n) is 5.85. The van der Waals surface area contributed by atoms with Crippen LogP contribution in [0.15, 0.2) is 0 Å². The standard InChI is InChI=1S/C26H47NO21/c27-1-2-41-23-17(38)13(34)20(8(4-29)43-23)47-25-19(40)15(36)22(10(6-31)45-25)48-26-18(39)14(35)21(9(5-30)44-26)46-24-16(37)12(33)11(32)7(3-28)42-24/h7-26,28-40H,1-6,27H2/t7?,8?,9?,10?,11-,12?,13-,14?,15-,16+,17?,18+,19?,20+,21-,22-,23+,24+,25-,26+/m1/s1. The van der Waals surface area contributed by atoms with E-state index in [2.05, 4.69) is 0 Å². The molecular formula is C26H47NO21. The van der Waals surface area contributed by atoms with E-state index < -0.39 is 149 Å². The molecule has 0 aliphatic carbocycles. The first-order valence-electron chi connectivity index (χ1n) is 15.3. The van der Waals surface area contributed by atoms with Gasteiger partial charge in [0.25, 0.3) is 0 Å². The summed E-state index contributed by atoms with van der Waals surface area (Å²) in [5.74, 6) is 0. The molecule has 22 heteroatoms. The predicted octanol–water partition coefficient (Wildman–Crippen LogP) is -9.77. The Morgan fingerprint density at radius 2 is 0.708 bits per heavy atom. The van der Waals surface area contributed by atoms with Crippen LogP contribution in [0, 0.1) is 0 Å². The molecule has 0 saturated carbocycles. The molecule has 4 rings (SSSR count). The molecule has 4 heterocycles. The Balaban J connectivity index is 1.42. The summed E-state index contributed by atoms with van der Waals surface area (Å²) in [7, 11) is 0. The van der Waals surface area contributed by atoms with Gasteiger partial charge < -0.3 is 110 Å². The Hall–Kier alpha value is -0.880. The lowest BCUT2D eigenvalue weighted by atomic mass is 9.95. The second-order valence-corrected chi connectivity index (χ2v) is 11.8. The van der Waals surface area contributed by atoms with Gasteiger partial charge in [0, 0.05) is 6.54 Å². The van der Waals surface area contributed by atoms with Crippen molar-refractivity contribution >= 4 is 0 Å². The maximum absolute atomic E-state index is 11.0. The van der Waals surface area contributed by atoms with E-state index in [9.17, 15) is 66.4 Å². The molecule has 4 aliphatic rings. The van der Waals surface area contributed by atoms with Gasteiger partial charge in [-0.3, -0.25) is 0 Å². The van der Waals surface area contributed by atoms with Gasteiger partial charge in [0.05, 0.1) is 33.0 Å². The van der Waals surface area contributed by atoms with Crippen molar-refractivity contribution in [2.24, 2.45) is 5.73 Å². The Labute approximate surface area is 272 Å². The van der Waals surface area contributed by atoms with Crippen LogP contribution in [0.5, 0.6) is 0 Å². The lowest BCUT2D eigenvalue weighted by Gasteiger charge is -2.49. The van der Waals surface area contributed by atoms with Gasteiger partial charge in [-0.15, -0.1) is 0 Å². The average Bonchev–Trinajstić information content (AvgIpc) is 3.08. The van der Waals surface area contributed by atoms with E-state index in [-0.39, 0.29) is 13.2 Å². The minimum absolute atomic E-state index is 0.0459. The number of rotatable bonds is 13. The monoisotopic (exact) mass is 709 g/mol. The molecule has 0 radical (unpaired) electrons. The highest BCUT2D eigenvalue weighted by atomic mass is 16.8. The predicted molar refractivity (Wildman–Crippen MR) is 147 cm³/mol. The van der Waals surface area contributed by atoms with E-state index in [1.807, 2.05) is 0 Å². The van der Waals surface area contributed by atoms with Crippen LogP contribution in [0.4, 0.5) is 0 Å². The second-order valence-electron chi connectivity index (χ2n) is 11.8. The van der Waals surface area contributed by atoms with Crippen molar-refractivity contribution in [3.05, 3.63) is 0 Å². The van der Waals surface area contributed by atoms with Gasteiger partial charge in [0.15, 0.2) is 25.2 Å². The van der Waals surface area contributed by atoms with Crippen molar-refractivity contribution in [1.29, 1.82) is 0 Å². The third-order valence-electron chi connectivity index (χ3n) is 8.58. The topological polar surface area (TPSA) is 363 Å². The number of hydrogen-bond acceptors (Lipinski definition) is 22. The summed E-state index contributed by atoms with van der Waals surface area (Å²) in [5.41, 5.74) is 5.38. The van der Waals surface area contributed by atoms with Crippen LogP contribution in [0.3, 0.4) is 0 Å². The number of nitrogens with two attached hydrogens (primary N) is 1. The number of hydrogen-bond donors (Lipinski definition) is 14. The highest BCUT2D eigenvalue weighted by molar-refractivity contribution is 4.97. The molecule has 0 aromatic rings. The van der Waals surface area contributed by atoms with Crippen LogP contribution < -0.4 is 5.73 Å². The number of aliphatic hydroxyl groups is 13. The van der Waals surface area contributed by atoms with Crippen molar-refractivity contribution in [3.8, 4) is 0 Å². The molecule has 20 atom stereocenters. The molecule has 22 nitrogen and oxygen atoms in total. The zero-order valence-corrected chi connectivity index (χ0v) is 25.4. The molecule has 0 amide bonds. The summed E-state index contributed by atoms with van der Waals surface area (Å²) in [6.45, 7) is -3.29. The second kappa shape index (κ2) is 17.6. The molecule has 15 N–H and O–H groups in total. The van der Waals surface area contributed by atoms with Crippen molar-refractivity contribution in [3.63, 3.8) is 0 Å². The highest BCUT2D eigenvalue weighted by Crippen LogP contribution is 2.34. The van der Waals surface area contributed by atoms with E-state index in [4.69, 9.17) is 43.6 Å². The van der Waals surface area contributed by atoms with Gasteiger partial charge >= 0.3 is 0 Å². The molecule has 4 saturated heterocycles. The summed E-state index contributed by atoms with van der Waals surface area (Å²) < 4.78 is 43.7. The van der Waals surface area contributed by atoms with Gasteiger partial charge in [0.2, 0.25) is 0 Å². The van der Waals surface area contributed by atoms with Crippen LogP contribution in [0.25, 0.3) is 0 Å². The lowest BCUT2D eigenvalue weighted by molar-refractivity contribution is -0.388. The van der Waals surface area contributed by atoms with Gasteiger partial charge in [-0.05, 0) is 0 Å². The molecule has 4 aliphatic heterocycles. The van der Waals surface area contributed by atoms with Crippen molar-refractivity contribution in [1.82, 2.24) is 0 Å². The van der Waals surface area contributed by atoms with Crippen LogP contribution in [0.2, 0.25) is 0 Å². The highest BCUT2D eigenvalue weighted by Gasteiger charge is 2.55. The fraction of sp³-hybridized carbons (Fsp3) is 1.00. The Morgan fingerprint density at radius 3 is 1.06 bits per heavy atom. The summed E-state index contributed by atoms with van der Waals surface area (Å²) in [6, 6.07) is 0. The van der Waals surface area contributed by atoms with Crippen LogP contribution in [-0.4, -0.2) is 229 Å². The SMILES string of the molecule is NCCO[C@H]1OC(CO)[C@H](O[C@H]2OC(CO)[C@@H](O[C@@H]3OC(CO)[C@@H](O[C@@H]4OC(CO)[C@@H](O)C(O)[C@@H]4O)C(O)[C@@H]3O)[C@H](O)C2O)[C@H](O)C1O. The van der Waals surface area contributed by atoms with E-state index in [0.717, 1.165) is 0 Å². The zero-order valence-electron chi connectivity index (χ0n) is 25.4. The lowest BCUT2D eigenvalue weighted by Crippen LogP contribution is -2.67. The third kappa shape index (κ3) is 8.26. The summed E-state index contributed by atoms with van der Waals surface area (Å²) in [6.07, 6.45) is -34.3. The Bertz CT molecular complexity index is 965. The van der Waals surface area contributed by atoms with Gasteiger partial charge in [-0.25, -0.2) is 0 Å². The molecule has 282 valence electrons. The van der Waals surface area contributed by atoms with Crippen molar-refractivity contribution in [2.45, 2.75) is 123 Å². The molecule has 48 heavy (non-hydrogen) atoms. The van der Waals surface area contributed by atoms with E-state index >= 15 is 0 Å². The first-order valence-corrected chi connectivity index (χ1v) is 15.3. The first kappa shape index (κ1) is 39.9. The molecule has 0 aromatic carbocycles. The van der Waals surface area contributed by atoms with Crippen molar-refractivity contribution in [2.75, 3.05) is 39.6 Å². The molecular weight excluding hydrogens is 662 g/mol. The minimum Gasteiger partial charge on any atom is -0.394 e. The molecule has 0 spiro atoms. The number of ether oxygens (including phenoxy) is 8. The minimum atomic E-state index is -2.02. The average molecular weight is 710 g/mol. The van der Waals surface area contributed by atoms with E-state index in [1.54, 1.807) is 0 Å². The third-order valence-corrected chi connectivity index (χ3v) is 8.58. The zero-order chi connectivity index (χ0) is 35.4. The van der Waals surface area contributed by atoms with Crippen LogP contribution in [-0.2, 0) is 37.9 Å². The Morgan fingerprint density at radius 1 is 0.396 bits per heavy atom. The van der Waals surface area contributed by atoms with Crippen molar-refractivity contribution < 1.29 is 104 Å². The summed E-state index contributed by atoms with van der Waals surface area (Å²) >= 11 is 0. The van der Waals surface area contributed by atoms with Crippen LogP contribution in [0.1, 0.15) is 0 Å². The van der Waals surface area contributed by atoms with Crippen LogP contribution >= 0.6 is 0 Å². The maximum Gasteiger partial charge on any atom is 0.187 e. The van der Waals surface area contributed by atoms with E-state index in [0.29, 0.717) is 0 Å². The first-order chi connectivity index (χ1) is 22.8. The Kier molecular flexibility index (Phi) is 14.6. The fourth-order valence-corrected chi connectivity index (χ4v) is 5.85. The number of aliphatic hydroxyl groups excluding tert-OH is 13. The largest absolute Gasteiger partial charge is 0.394 e. The smallest absolute Gasteiger partial charge is 0.187 e. The summed E-state index contributed by atoms with van der Waals surface area (Å²) in [4.78, 5) is 0. The van der Waals surface area contributed by atoms with Gasteiger partial charge in [0.1, 0.15) is 97.7 Å². The molecule has 0 bridgehead atoms. The van der Waals surface area contributed by atoms with E-state index in [1.165, 1.54) is 0 Å². The van der Waals surface area contributed by atoms with Gasteiger partial charge in [-0.2, -0.15) is 0 Å². The molecule has 4 fully saturated rings. The van der Waals surface area contributed by atoms with Gasteiger partial charge in [-0.1, -0.05) is 0 Å². The maximum atomic E-state index is 11.0. The summed E-state index contributed by atoms with van der Waals surface area (Å²) in [5, 5.41) is 134.